The van der Waals surface area contributed by atoms with E-state index in [1.54, 1.807) is 12.5 Å². The van der Waals surface area contributed by atoms with Crippen LogP contribution in [0.5, 0.6) is 0 Å². The molecule has 0 aliphatic carbocycles. The lowest BCUT2D eigenvalue weighted by atomic mass is 10.1. The van der Waals surface area contributed by atoms with Crippen molar-refractivity contribution in [2.24, 2.45) is 13.0 Å². The molecule has 2 aromatic rings. The lowest BCUT2D eigenvalue weighted by molar-refractivity contribution is -0.137. The first-order chi connectivity index (χ1) is 9.15. The number of pyridine rings is 1. The molecule has 1 saturated heterocycles. The Bertz CT molecular complexity index is 622. The molecule has 1 N–H and O–H groups in total. The Morgan fingerprint density at radius 1 is 1.53 bits per heavy atom. The molecule has 6 nitrogen and oxygen atoms in total. The third-order valence-corrected chi connectivity index (χ3v) is 3.67. The molecule has 0 aromatic carbocycles. The predicted molar refractivity (Wildman–Crippen MR) is 71.1 cm³/mol. The highest BCUT2D eigenvalue weighted by atomic mass is 16.4. The van der Waals surface area contributed by atoms with Crippen LogP contribution in [-0.2, 0) is 11.8 Å². The first-order valence-electron chi connectivity index (χ1n) is 6.38. The molecule has 19 heavy (non-hydrogen) atoms. The summed E-state index contributed by atoms with van der Waals surface area (Å²) in [5.74, 6) is 0.347. The minimum Gasteiger partial charge on any atom is -0.481 e. The van der Waals surface area contributed by atoms with Crippen molar-refractivity contribution in [2.45, 2.75) is 12.8 Å². The van der Waals surface area contributed by atoms with E-state index in [1.165, 1.54) is 0 Å². The zero-order valence-electron chi connectivity index (χ0n) is 10.8. The van der Waals surface area contributed by atoms with E-state index in [0.717, 1.165) is 36.4 Å². The molecule has 3 rings (SSSR count). The summed E-state index contributed by atoms with van der Waals surface area (Å²) in [6.07, 6.45) is 4.69. The maximum Gasteiger partial charge on any atom is 0.303 e. The molecule has 3 heterocycles. The minimum atomic E-state index is -0.726. The van der Waals surface area contributed by atoms with Crippen molar-refractivity contribution < 1.29 is 9.90 Å². The number of aromatic nitrogens is 3. The molecular weight excluding hydrogens is 244 g/mol. The van der Waals surface area contributed by atoms with Crippen molar-refractivity contribution in [2.75, 3.05) is 18.0 Å². The van der Waals surface area contributed by atoms with Crippen LogP contribution in [-0.4, -0.2) is 38.7 Å². The molecule has 0 saturated carbocycles. The average molecular weight is 260 g/mol. The van der Waals surface area contributed by atoms with Gasteiger partial charge in [-0.1, -0.05) is 0 Å². The number of hydrogen-bond acceptors (Lipinski definition) is 4. The number of carbonyl (C=O) groups is 1. The fraction of sp³-hybridized carbons (Fsp3) is 0.462. The van der Waals surface area contributed by atoms with Crippen LogP contribution in [0.4, 0.5) is 5.82 Å². The molecule has 0 amide bonds. The Balaban J connectivity index is 1.87. The minimum absolute atomic E-state index is 0.207. The number of rotatable bonds is 3. The zero-order valence-corrected chi connectivity index (χ0v) is 10.8. The van der Waals surface area contributed by atoms with E-state index in [1.807, 2.05) is 17.7 Å². The molecule has 100 valence electrons. The number of carboxylic acid groups (broad SMARTS) is 1. The number of nitrogens with zero attached hydrogens (tertiary/aromatic N) is 4. The number of imidazole rings is 1. The summed E-state index contributed by atoms with van der Waals surface area (Å²) >= 11 is 0. The van der Waals surface area contributed by atoms with E-state index in [-0.39, 0.29) is 12.3 Å². The molecule has 0 spiro atoms. The fourth-order valence-corrected chi connectivity index (χ4v) is 2.72. The first-order valence-corrected chi connectivity index (χ1v) is 6.38. The normalized spacial score (nSPS) is 19.2. The van der Waals surface area contributed by atoms with Gasteiger partial charge in [0.1, 0.15) is 5.52 Å². The van der Waals surface area contributed by atoms with Gasteiger partial charge in [0.25, 0.3) is 0 Å². The summed E-state index contributed by atoms with van der Waals surface area (Å²) in [6, 6.07) is 1.94. The summed E-state index contributed by atoms with van der Waals surface area (Å²) in [6.45, 7) is 1.59. The van der Waals surface area contributed by atoms with Crippen molar-refractivity contribution in [3.63, 3.8) is 0 Å². The van der Waals surface area contributed by atoms with Crippen LogP contribution in [0.25, 0.3) is 11.0 Å². The van der Waals surface area contributed by atoms with Gasteiger partial charge in [0, 0.05) is 32.8 Å². The van der Waals surface area contributed by atoms with E-state index >= 15 is 0 Å². The SMILES string of the molecule is Cn1cnc2c(N3CCC(CC(=O)O)C3)nccc21. The number of anilines is 1. The standard InChI is InChI=1S/C13H16N4O2/c1-16-8-15-12-10(16)2-4-14-13(12)17-5-3-9(7-17)6-11(18)19/h2,4,8-9H,3,5-7H2,1H3,(H,18,19). The monoisotopic (exact) mass is 260 g/mol. The van der Waals surface area contributed by atoms with E-state index in [9.17, 15) is 4.79 Å². The van der Waals surface area contributed by atoms with Crippen molar-refractivity contribution in [3.8, 4) is 0 Å². The van der Waals surface area contributed by atoms with Crippen LogP contribution < -0.4 is 4.90 Å². The van der Waals surface area contributed by atoms with Crippen molar-refractivity contribution in [1.82, 2.24) is 14.5 Å². The van der Waals surface area contributed by atoms with Crippen molar-refractivity contribution in [1.29, 1.82) is 0 Å². The summed E-state index contributed by atoms with van der Waals surface area (Å²) < 4.78 is 1.96. The Labute approximate surface area is 110 Å². The van der Waals surface area contributed by atoms with Gasteiger partial charge in [0.05, 0.1) is 11.8 Å². The van der Waals surface area contributed by atoms with Gasteiger partial charge in [-0.25, -0.2) is 9.97 Å². The highest BCUT2D eigenvalue weighted by Crippen LogP contribution is 2.28. The predicted octanol–water partition coefficient (Wildman–Crippen LogP) is 1.27. The molecule has 6 heteroatoms. The fourth-order valence-electron chi connectivity index (χ4n) is 2.72. The molecule has 2 aromatic heterocycles. The Hall–Kier alpha value is -2.11. The largest absolute Gasteiger partial charge is 0.481 e. The van der Waals surface area contributed by atoms with Crippen LogP contribution >= 0.6 is 0 Å². The van der Waals surface area contributed by atoms with Gasteiger partial charge in [-0.05, 0) is 18.4 Å². The Morgan fingerprint density at radius 3 is 3.16 bits per heavy atom. The van der Waals surface area contributed by atoms with Gasteiger partial charge in [-0.3, -0.25) is 4.79 Å². The number of carboxylic acids is 1. The molecule has 1 unspecified atom stereocenters. The second-order valence-corrected chi connectivity index (χ2v) is 5.06. The smallest absolute Gasteiger partial charge is 0.303 e. The third-order valence-electron chi connectivity index (χ3n) is 3.67. The topological polar surface area (TPSA) is 71.2 Å². The molecule has 1 atom stereocenters. The van der Waals surface area contributed by atoms with Crippen LogP contribution in [0.3, 0.4) is 0 Å². The number of fused-ring (bicyclic) bond motifs is 1. The molecule has 1 aliphatic heterocycles. The van der Waals surface area contributed by atoms with Gasteiger partial charge in [-0.2, -0.15) is 0 Å². The first kappa shape index (κ1) is 12.0. The van der Waals surface area contributed by atoms with Gasteiger partial charge in [0.15, 0.2) is 5.82 Å². The van der Waals surface area contributed by atoms with Gasteiger partial charge in [-0.15, -0.1) is 0 Å². The molecular formula is C13H16N4O2. The molecule has 1 fully saturated rings. The third kappa shape index (κ3) is 2.14. The zero-order chi connectivity index (χ0) is 13.4. The number of hydrogen-bond donors (Lipinski definition) is 1. The van der Waals surface area contributed by atoms with Crippen LogP contribution in [0.1, 0.15) is 12.8 Å². The molecule has 1 aliphatic rings. The second kappa shape index (κ2) is 4.53. The average Bonchev–Trinajstić information content (AvgIpc) is 2.96. The van der Waals surface area contributed by atoms with E-state index < -0.39 is 5.97 Å². The Kier molecular flexibility index (Phi) is 2.85. The second-order valence-electron chi connectivity index (χ2n) is 5.06. The Morgan fingerprint density at radius 2 is 2.37 bits per heavy atom. The van der Waals surface area contributed by atoms with Crippen molar-refractivity contribution >= 4 is 22.8 Å². The van der Waals surface area contributed by atoms with Gasteiger partial charge < -0.3 is 14.6 Å². The molecule has 0 bridgehead atoms. The lowest BCUT2D eigenvalue weighted by Crippen LogP contribution is -2.21. The highest BCUT2D eigenvalue weighted by Gasteiger charge is 2.26. The van der Waals surface area contributed by atoms with Crippen LogP contribution in [0, 0.1) is 5.92 Å². The van der Waals surface area contributed by atoms with Gasteiger partial charge in [0.2, 0.25) is 0 Å². The van der Waals surface area contributed by atoms with Crippen LogP contribution in [0.2, 0.25) is 0 Å². The summed E-state index contributed by atoms with van der Waals surface area (Å²) in [5, 5.41) is 8.86. The summed E-state index contributed by atoms with van der Waals surface area (Å²) in [5.41, 5.74) is 1.94. The maximum absolute atomic E-state index is 10.8. The van der Waals surface area contributed by atoms with E-state index in [0.29, 0.717) is 0 Å². The number of aliphatic carboxylic acids is 1. The quantitative estimate of drug-likeness (QED) is 0.899. The van der Waals surface area contributed by atoms with E-state index in [2.05, 4.69) is 14.9 Å². The maximum atomic E-state index is 10.8. The van der Waals surface area contributed by atoms with Gasteiger partial charge >= 0.3 is 5.97 Å². The summed E-state index contributed by atoms with van der Waals surface area (Å²) in [4.78, 5) is 21.7. The molecule has 0 radical (unpaired) electrons. The van der Waals surface area contributed by atoms with E-state index in [4.69, 9.17) is 5.11 Å². The number of aryl methyl sites for hydroxylation is 1. The van der Waals surface area contributed by atoms with Crippen molar-refractivity contribution in [3.05, 3.63) is 18.6 Å². The summed E-state index contributed by atoms with van der Waals surface area (Å²) in [7, 11) is 1.95. The van der Waals surface area contributed by atoms with Crippen LogP contribution in [0.15, 0.2) is 18.6 Å². The lowest BCUT2D eigenvalue weighted by Gasteiger charge is -2.17. The highest BCUT2D eigenvalue weighted by molar-refractivity contribution is 5.86.